The summed E-state index contributed by atoms with van der Waals surface area (Å²) in [4.78, 5) is 2.46. The number of hydrogen-bond acceptors (Lipinski definition) is 3. The molecular weight excluding hydrogens is 212 g/mol. The largest absolute Gasteiger partial charge is 0.373 e. The molecule has 3 heteroatoms. The zero-order valence-corrected chi connectivity index (χ0v) is 10.5. The molecule has 0 spiro atoms. The average molecular weight is 234 g/mol. The molecule has 3 nitrogen and oxygen atoms in total. The molecule has 2 unspecified atom stereocenters. The third kappa shape index (κ3) is 3.80. The van der Waals surface area contributed by atoms with Crippen LogP contribution < -0.4 is 5.73 Å². The van der Waals surface area contributed by atoms with Crippen LogP contribution in [0.5, 0.6) is 0 Å². The molecule has 1 aromatic carbocycles. The maximum absolute atomic E-state index is 5.87. The van der Waals surface area contributed by atoms with Crippen LogP contribution in [-0.2, 0) is 11.3 Å². The lowest BCUT2D eigenvalue weighted by molar-refractivity contribution is -0.0809. The SMILES string of the molecule is CC1CN(Cc2ccccc2)CC(CCN)O1. The van der Waals surface area contributed by atoms with E-state index in [1.54, 1.807) is 0 Å². The number of nitrogens with two attached hydrogens (primary N) is 1. The Labute approximate surface area is 104 Å². The molecule has 17 heavy (non-hydrogen) atoms. The molecule has 1 fully saturated rings. The molecule has 1 aromatic rings. The maximum atomic E-state index is 5.87. The van der Waals surface area contributed by atoms with Gasteiger partial charge in [0.1, 0.15) is 0 Å². The second-order valence-electron chi connectivity index (χ2n) is 4.83. The first-order chi connectivity index (χ1) is 8.28. The van der Waals surface area contributed by atoms with E-state index in [4.69, 9.17) is 10.5 Å². The van der Waals surface area contributed by atoms with Crippen molar-refractivity contribution in [2.75, 3.05) is 19.6 Å². The standard InChI is InChI=1S/C14H22N2O/c1-12-9-16(11-14(17-12)7-8-15)10-13-5-3-2-4-6-13/h2-6,12,14H,7-11,15H2,1H3. The van der Waals surface area contributed by atoms with Gasteiger partial charge in [-0.1, -0.05) is 30.3 Å². The fourth-order valence-electron chi connectivity index (χ4n) is 2.46. The molecule has 0 aliphatic carbocycles. The van der Waals surface area contributed by atoms with Crippen LogP contribution in [0.1, 0.15) is 18.9 Å². The summed E-state index contributed by atoms with van der Waals surface area (Å²) >= 11 is 0. The molecule has 1 heterocycles. The number of ether oxygens (including phenoxy) is 1. The summed E-state index contributed by atoms with van der Waals surface area (Å²) in [6.07, 6.45) is 1.56. The molecule has 94 valence electrons. The summed E-state index contributed by atoms with van der Waals surface area (Å²) in [5.41, 5.74) is 6.97. The second-order valence-corrected chi connectivity index (χ2v) is 4.83. The van der Waals surface area contributed by atoms with Gasteiger partial charge in [-0.2, -0.15) is 0 Å². The Morgan fingerprint density at radius 3 is 2.76 bits per heavy atom. The molecule has 2 N–H and O–H groups in total. The highest BCUT2D eigenvalue weighted by molar-refractivity contribution is 5.14. The highest BCUT2D eigenvalue weighted by Crippen LogP contribution is 2.15. The predicted octanol–water partition coefficient (Wildman–Crippen LogP) is 1.62. The normalized spacial score (nSPS) is 26.0. The van der Waals surface area contributed by atoms with Crippen molar-refractivity contribution < 1.29 is 4.74 Å². The Morgan fingerprint density at radius 2 is 2.06 bits per heavy atom. The van der Waals surface area contributed by atoms with Gasteiger partial charge in [-0.25, -0.2) is 0 Å². The van der Waals surface area contributed by atoms with Gasteiger partial charge in [0.2, 0.25) is 0 Å². The topological polar surface area (TPSA) is 38.5 Å². The molecule has 0 bridgehead atoms. The predicted molar refractivity (Wildman–Crippen MR) is 69.7 cm³/mol. The van der Waals surface area contributed by atoms with E-state index in [9.17, 15) is 0 Å². The van der Waals surface area contributed by atoms with Crippen molar-refractivity contribution in [2.45, 2.75) is 32.1 Å². The van der Waals surface area contributed by atoms with Gasteiger partial charge in [-0.15, -0.1) is 0 Å². The van der Waals surface area contributed by atoms with E-state index in [0.717, 1.165) is 26.1 Å². The molecule has 0 saturated carbocycles. The lowest BCUT2D eigenvalue weighted by Crippen LogP contribution is -2.46. The van der Waals surface area contributed by atoms with Crippen LogP contribution in [0.4, 0.5) is 0 Å². The van der Waals surface area contributed by atoms with Gasteiger partial charge >= 0.3 is 0 Å². The van der Waals surface area contributed by atoms with Crippen molar-refractivity contribution in [3.05, 3.63) is 35.9 Å². The van der Waals surface area contributed by atoms with Crippen LogP contribution in [0, 0.1) is 0 Å². The molecule has 0 radical (unpaired) electrons. The zero-order chi connectivity index (χ0) is 12.1. The minimum Gasteiger partial charge on any atom is -0.373 e. The van der Waals surface area contributed by atoms with E-state index in [1.165, 1.54) is 5.56 Å². The van der Waals surface area contributed by atoms with Gasteiger partial charge in [0.25, 0.3) is 0 Å². The maximum Gasteiger partial charge on any atom is 0.0718 e. The minimum absolute atomic E-state index is 0.299. The van der Waals surface area contributed by atoms with E-state index in [0.29, 0.717) is 18.8 Å². The van der Waals surface area contributed by atoms with Crippen LogP contribution >= 0.6 is 0 Å². The van der Waals surface area contributed by atoms with E-state index in [1.807, 2.05) is 0 Å². The van der Waals surface area contributed by atoms with Crippen LogP contribution in [0.15, 0.2) is 30.3 Å². The fourth-order valence-corrected chi connectivity index (χ4v) is 2.46. The molecule has 1 aliphatic heterocycles. The first kappa shape index (κ1) is 12.6. The quantitative estimate of drug-likeness (QED) is 0.860. The van der Waals surface area contributed by atoms with Crippen molar-refractivity contribution >= 4 is 0 Å². The van der Waals surface area contributed by atoms with E-state index in [-0.39, 0.29) is 0 Å². The van der Waals surface area contributed by atoms with Gasteiger partial charge in [0.05, 0.1) is 12.2 Å². The number of rotatable bonds is 4. The highest BCUT2D eigenvalue weighted by Gasteiger charge is 2.24. The highest BCUT2D eigenvalue weighted by atomic mass is 16.5. The van der Waals surface area contributed by atoms with Crippen molar-refractivity contribution in [3.63, 3.8) is 0 Å². The van der Waals surface area contributed by atoms with Crippen molar-refractivity contribution in [3.8, 4) is 0 Å². The Balaban J connectivity index is 1.92. The second kappa shape index (κ2) is 6.15. The molecule has 0 amide bonds. The van der Waals surface area contributed by atoms with Crippen LogP contribution in [0.25, 0.3) is 0 Å². The number of hydrogen-bond donors (Lipinski definition) is 1. The summed E-state index contributed by atoms with van der Waals surface area (Å²) in [5, 5.41) is 0. The lowest BCUT2D eigenvalue weighted by atomic mass is 10.1. The fraction of sp³-hybridized carbons (Fsp3) is 0.571. The van der Waals surface area contributed by atoms with E-state index < -0.39 is 0 Å². The molecule has 0 aromatic heterocycles. The summed E-state index contributed by atoms with van der Waals surface area (Å²) < 4.78 is 5.87. The molecular formula is C14H22N2O. The smallest absolute Gasteiger partial charge is 0.0718 e. The van der Waals surface area contributed by atoms with Gasteiger partial charge < -0.3 is 10.5 Å². The summed E-state index contributed by atoms with van der Waals surface area (Å²) in [5.74, 6) is 0. The Kier molecular flexibility index (Phi) is 4.54. The van der Waals surface area contributed by atoms with Crippen LogP contribution in [-0.4, -0.2) is 36.7 Å². The molecule has 1 saturated heterocycles. The Bertz CT molecular complexity index is 328. The number of benzene rings is 1. The first-order valence-corrected chi connectivity index (χ1v) is 6.39. The van der Waals surface area contributed by atoms with E-state index >= 15 is 0 Å². The summed E-state index contributed by atoms with van der Waals surface area (Å²) in [7, 11) is 0. The first-order valence-electron chi connectivity index (χ1n) is 6.39. The Morgan fingerprint density at radius 1 is 1.29 bits per heavy atom. The van der Waals surface area contributed by atoms with Crippen molar-refractivity contribution in [1.29, 1.82) is 0 Å². The average Bonchev–Trinajstić information content (AvgIpc) is 2.30. The monoisotopic (exact) mass is 234 g/mol. The summed E-state index contributed by atoms with van der Waals surface area (Å²) in [6.45, 7) is 5.86. The van der Waals surface area contributed by atoms with Gasteiger partial charge in [0, 0.05) is 19.6 Å². The molecule has 2 rings (SSSR count). The summed E-state index contributed by atoms with van der Waals surface area (Å²) in [6, 6.07) is 10.6. The van der Waals surface area contributed by atoms with Gasteiger partial charge in [-0.3, -0.25) is 4.90 Å². The van der Waals surface area contributed by atoms with Gasteiger partial charge in [-0.05, 0) is 25.5 Å². The zero-order valence-electron chi connectivity index (χ0n) is 10.5. The van der Waals surface area contributed by atoms with Gasteiger partial charge in [0.15, 0.2) is 0 Å². The number of nitrogens with zero attached hydrogens (tertiary/aromatic N) is 1. The third-order valence-electron chi connectivity index (χ3n) is 3.14. The van der Waals surface area contributed by atoms with Crippen molar-refractivity contribution in [1.82, 2.24) is 4.90 Å². The van der Waals surface area contributed by atoms with Crippen LogP contribution in [0.3, 0.4) is 0 Å². The van der Waals surface area contributed by atoms with Crippen molar-refractivity contribution in [2.24, 2.45) is 5.73 Å². The van der Waals surface area contributed by atoms with E-state index in [2.05, 4.69) is 42.2 Å². The number of morpholine rings is 1. The van der Waals surface area contributed by atoms with Crippen LogP contribution in [0.2, 0.25) is 0 Å². The molecule has 1 aliphatic rings. The molecule has 2 atom stereocenters. The Hall–Kier alpha value is -0.900. The lowest BCUT2D eigenvalue weighted by Gasteiger charge is -2.36. The third-order valence-corrected chi connectivity index (χ3v) is 3.14. The minimum atomic E-state index is 0.299.